The average molecular weight is 271 g/mol. The second-order valence-electron chi connectivity index (χ2n) is 3.02. The molecule has 0 aliphatic heterocycles. The highest BCUT2D eigenvalue weighted by Crippen LogP contribution is 2.25. The molecule has 6 heteroatoms. The van der Waals surface area contributed by atoms with Gasteiger partial charge in [0.15, 0.2) is 11.8 Å². The molecular formula is C9H7BrN2O3. The van der Waals surface area contributed by atoms with Crippen LogP contribution in [0.4, 0.5) is 0 Å². The SMILES string of the molecule is NC(C(=O)O)c1onc2cc(Br)ccc12. The van der Waals surface area contributed by atoms with Crippen molar-refractivity contribution in [2.24, 2.45) is 5.73 Å². The van der Waals surface area contributed by atoms with Gasteiger partial charge in [0.1, 0.15) is 5.52 Å². The Morgan fingerprint density at radius 2 is 2.33 bits per heavy atom. The van der Waals surface area contributed by atoms with Crippen molar-refractivity contribution in [1.29, 1.82) is 0 Å². The van der Waals surface area contributed by atoms with Crippen molar-refractivity contribution in [3.05, 3.63) is 28.4 Å². The standard InChI is InChI=1S/C9H7BrN2O3/c10-4-1-2-5-6(3-4)12-15-8(5)7(11)9(13)14/h1-3,7H,11H2,(H,13,14). The molecular weight excluding hydrogens is 264 g/mol. The number of rotatable bonds is 2. The number of carboxylic acids is 1. The zero-order valence-corrected chi connectivity index (χ0v) is 9.06. The Bertz CT molecular complexity index is 523. The number of halogens is 1. The van der Waals surface area contributed by atoms with Crippen LogP contribution in [0.15, 0.2) is 27.2 Å². The number of benzene rings is 1. The fourth-order valence-electron chi connectivity index (χ4n) is 1.27. The summed E-state index contributed by atoms with van der Waals surface area (Å²) in [5.74, 6) is -0.971. The Morgan fingerprint density at radius 1 is 1.60 bits per heavy atom. The molecule has 2 aromatic rings. The molecule has 0 aliphatic rings. The van der Waals surface area contributed by atoms with Gasteiger partial charge < -0.3 is 15.4 Å². The molecule has 1 aromatic heterocycles. The maximum Gasteiger partial charge on any atom is 0.328 e. The van der Waals surface area contributed by atoms with E-state index >= 15 is 0 Å². The van der Waals surface area contributed by atoms with Gasteiger partial charge in [0, 0.05) is 9.86 Å². The van der Waals surface area contributed by atoms with Crippen LogP contribution in [-0.2, 0) is 4.79 Å². The molecule has 1 unspecified atom stereocenters. The molecule has 15 heavy (non-hydrogen) atoms. The van der Waals surface area contributed by atoms with Crippen molar-refractivity contribution in [3.8, 4) is 0 Å². The molecule has 1 aromatic carbocycles. The fourth-order valence-corrected chi connectivity index (χ4v) is 1.62. The molecule has 0 amide bonds. The third-order valence-corrected chi connectivity index (χ3v) is 2.51. The summed E-state index contributed by atoms with van der Waals surface area (Å²) in [6.07, 6.45) is 0. The zero-order valence-electron chi connectivity index (χ0n) is 7.48. The first-order valence-corrected chi connectivity index (χ1v) is 4.92. The number of aromatic nitrogens is 1. The Kier molecular flexibility index (Phi) is 2.45. The number of hydrogen-bond acceptors (Lipinski definition) is 4. The van der Waals surface area contributed by atoms with Gasteiger partial charge in [-0.05, 0) is 18.2 Å². The summed E-state index contributed by atoms with van der Waals surface area (Å²) in [5, 5.41) is 13.1. The summed E-state index contributed by atoms with van der Waals surface area (Å²) >= 11 is 3.28. The maximum absolute atomic E-state index is 10.7. The highest BCUT2D eigenvalue weighted by atomic mass is 79.9. The quantitative estimate of drug-likeness (QED) is 0.867. The summed E-state index contributed by atoms with van der Waals surface area (Å²) in [5.41, 5.74) is 6.02. The van der Waals surface area contributed by atoms with Gasteiger partial charge in [0.25, 0.3) is 0 Å². The van der Waals surface area contributed by atoms with Crippen LogP contribution in [0.5, 0.6) is 0 Å². The van der Waals surface area contributed by atoms with Crippen molar-refractivity contribution in [2.75, 3.05) is 0 Å². The molecule has 3 N–H and O–H groups in total. The highest BCUT2D eigenvalue weighted by molar-refractivity contribution is 9.10. The third-order valence-electron chi connectivity index (χ3n) is 2.02. The summed E-state index contributed by atoms with van der Waals surface area (Å²) in [6, 6.07) is 4.04. The summed E-state index contributed by atoms with van der Waals surface area (Å²) in [4.78, 5) is 10.7. The van der Waals surface area contributed by atoms with Gasteiger partial charge in [-0.15, -0.1) is 0 Å². The van der Waals surface area contributed by atoms with Crippen LogP contribution in [0.1, 0.15) is 11.8 Å². The maximum atomic E-state index is 10.7. The Morgan fingerprint density at radius 3 is 3.00 bits per heavy atom. The molecule has 2 rings (SSSR count). The van der Waals surface area contributed by atoms with E-state index in [1.54, 1.807) is 18.2 Å². The number of aliphatic carboxylic acids is 1. The predicted octanol–water partition coefficient (Wildman–Crippen LogP) is 1.67. The Labute approximate surface area is 93.0 Å². The Balaban J connectivity index is 2.59. The lowest BCUT2D eigenvalue weighted by molar-refractivity contribution is -0.139. The minimum atomic E-state index is -1.18. The number of hydrogen-bond donors (Lipinski definition) is 2. The second-order valence-corrected chi connectivity index (χ2v) is 3.94. The number of fused-ring (bicyclic) bond motifs is 1. The predicted molar refractivity (Wildman–Crippen MR) is 56.3 cm³/mol. The number of carbonyl (C=O) groups is 1. The molecule has 0 saturated carbocycles. The van der Waals surface area contributed by atoms with Crippen LogP contribution >= 0.6 is 15.9 Å². The van der Waals surface area contributed by atoms with Gasteiger partial charge in [-0.1, -0.05) is 21.1 Å². The number of nitrogens with two attached hydrogens (primary N) is 1. The molecule has 1 atom stereocenters. The molecule has 5 nitrogen and oxygen atoms in total. The number of nitrogens with zero attached hydrogens (tertiary/aromatic N) is 1. The van der Waals surface area contributed by atoms with E-state index in [0.29, 0.717) is 10.9 Å². The molecule has 0 radical (unpaired) electrons. The van der Waals surface area contributed by atoms with E-state index in [0.717, 1.165) is 4.47 Å². The van der Waals surface area contributed by atoms with E-state index < -0.39 is 12.0 Å². The van der Waals surface area contributed by atoms with E-state index in [1.165, 1.54) is 0 Å². The fraction of sp³-hybridized carbons (Fsp3) is 0.111. The zero-order chi connectivity index (χ0) is 11.0. The van der Waals surface area contributed by atoms with Crippen LogP contribution in [-0.4, -0.2) is 16.2 Å². The van der Waals surface area contributed by atoms with E-state index in [-0.39, 0.29) is 5.76 Å². The normalized spacial score (nSPS) is 12.9. The molecule has 0 fully saturated rings. The number of carboxylic acid groups (broad SMARTS) is 1. The first-order chi connectivity index (χ1) is 7.09. The van der Waals surface area contributed by atoms with Crippen LogP contribution < -0.4 is 5.73 Å². The highest BCUT2D eigenvalue weighted by Gasteiger charge is 2.22. The van der Waals surface area contributed by atoms with Crippen molar-refractivity contribution >= 4 is 32.8 Å². The average Bonchev–Trinajstić information content (AvgIpc) is 2.59. The third kappa shape index (κ3) is 1.73. The molecule has 0 aliphatic carbocycles. The van der Waals surface area contributed by atoms with E-state index in [4.69, 9.17) is 15.4 Å². The minimum absolute atomic E-state index is 0.171. The van der Waals surface area contributed by atoms with Crippen molar-refractivity contribution in [3.63, 3.8) is 0 Å². The molecule has 0 saturated heterocycles. The van der Waals surface area contributed by atoms with Crippen molar-refractivity contribution < 1.29 is 14.4 Å². The van der Waals surface area contributed by atoms with Crippen LogP contribution in [0, 0.1) is 0 Å². The smallest absolute Gasteiger partial charge is 0.328 e. The second kappa shape index (κ2) is 3.63. The van der Waals surface area contributed by atoms with Crippen molar-refractivity contribution in [1.82, 2.24) is 5.16 Å². The van der Waals surface area contributed by atoms with E-state index in [1.807, 2.05) is 0 Å². The molecule has 0 spiro atoms. The molecule has 1 heterocycles. The lowest BCUT2D eigenvalue weighted by Crippen LogP contribution is -2.20. The first kappa shape index (κ1) is 10.1. The molecule has 0 bridgehead atoms. The lowest BCUT2D eigenvalue weighted by atomic mass is 10.1. The lowest BCUT2D eigenvalue weighted by Gasteiger charge is -2.00. The summed E-state index contributed by atoms with van der Waals surface area (Å²) in [7, 11) is 0. The van der Waals surface area contributed by atoms with Crippen molar-refractivity contribution in [2.45, 2.75) is 6.04 Å². The largest absolute Gasteiger partial charge is 0.480 e. The van der Waals surface area contributed by atoms with Gasteiger partial charge in [-0.25, -0.2) is 0 Å². The monoisotopic (exact) mass is 270 g/mol. The van der Waals surface area contributed by atoms with E-state index in [2.05, 4.69) is 21.1 Å². The van der Waals surface area contributed by atoms with Crippen LogP contribution in [0.2, 0.25) is 0 Å². The van der Waals surface area contributed by atoms with Gasteiger partial charge in [-0.3, -0.25) is 4.79 Å². The van der Waals surface area contributed by atoms with Gasteiger partial charge in [-0.2, -0.15) is 0 Å². The summed E-state index contributed by atoms with van der Waals surface area (Å²) in [6.45, 7) is 0. The van der Waals surface area contributed by atoms with Gasteiger partial charge in [0.2, 0.25) is 0 Å². The van der Waals surface area contributed by atoms with Gasteiger partial charge in [0.05, 0.1) is 0 Å². The Hall–Kier alpha value is -1.40. The first-order valence-electron chi connectivity index (χ1n) is 4.13. The summed E-state index contributed by atoms with van der Waals surface area (Å²) < 4.78 is 5.76. The van der Waals surface area contributed by atoms with Crippen LogP contribution in [0.3, 0.4) is 0 Å². The topological polar surface area (TPSA) is 89.4 Å². The van der Waals surface area contributed by atoms with Crippen LogP contribution in [0.25, 0.3) is 10.9 Å². The van der Waals surface area contributed by atoms with E-state index in [9.17, 15) is 4.79 Å². The molecule has 78 valence electrons. The van der Waals surface area contributed by atoms with Gasteiger partial charge >= 0.3 is 5.97 Å². The minimum Gasteiger partial charge on any atom is -0.480 e.